The van der Waals surface area contributed by atoms with Gasteiger partial charge in [-0.05, 0) is 6.92 Å². The van der Waals surface area contributed by atoms with E-state index >= 15 is 0 Å². The topological polar surface area (TPSA) is 9.23 Å². The Kier molecular flexibility index (Phi) is 1.27. The number of methoxy groups -OCH3 is 1. The van der Waals surface area contributed by atoms with Gasteiger partial charge in [-0.3, -0.25) is 0 Å². The molecule has 0 amide bonds. The maximum atomic E-state index is 12.6. The number of ether oxygens (including phenoxy) is 1. The van der Waals surface area contributed by atoms with Crippen LogP contribution in [0.15, 0.2) is 0 Å². The van der Waals surface area contributed by atoms with Crippen molar-refractivity contribution in [2.75, 3.05) is 7.11 Å². The lowest BCUT2D eigenvalue weighted by molar-refractivity contribution is -0.0674. The third-order valence-electron chi connectivity index (χ3n) is 1.64. The van der Waals surface area contributed by atoms with Crippen LogP contribution in [0.5, 0.6) is 0 Å². The predicted octanol–water partition coefficient (Wildman–Crippen LogP) is 1.52. The molecule has 0 aromatic carbocycles. The molecule has 0 atom stereocenters. The van der Waals surface area contributed by atoms with E-state index in [1.165, 1.54) is 0 Å². The molecule has 0 aromatic heterocycles. The molecule has 0 bridgehead atoms. The first-order chi connectivity index (χ1) is 3.64. The Labute approximate surface area is 48.8 Å². The number of hydrogen-bond acceptors (Lipinski definition) is 1. The van der Waals surface area contributed by atoms with Crippen LogP contribution in [0.25, 0.3) is 0 Å². The Balaban J connectivity index is 2.21. The summed E-state index contributed by atoms with van der Waals surface area (Å²) in [6.07, 6.45) is 1.33. The summed E-state index contributed by atoms with van der Waals surface area (Å²) in [7, 11) is 1.62. The van der Waals surface area contributed by atoms with Crippen LogP contribution >= 0.6 is 0 Å². The molecule has 0 aromatic rings. The zero-order valence-electron chi connectivity index (χ0n) is 5.28. The fourth-order valence-corrected chi connectivity index (χ4v) is 1.06. The maximum Gasteiger partial charge on any atom is 0.113 e. The second-order valence-corrected chi connectivity index (χ2v) is 2.68. The van der Waals surface area contributed by atoms with Gasteiger partial charge in [-0.2, -0.15) is 0 Å². The molecule has 2 heteroatoms. The Morgan fingerprint density at radius 3 is 2.25 bits per heavy atom. The fraction of sp³-hybridized carbons (Fsp3) is 1.00. The van der Waals surface area contributed by atoms with E-state index in [0.29, 0.717) is 12.8 Å². The molecule has 8 heavy (non-hydrogen) atoms. The van der Waals surface area contributed by atoms with Gasteiger partial charge in [0.05, 0.1) is 6.10 Å². The van der Waals surface area contributed by atoms with Crippen LogP contribution in [-0.4, -0.2) is 18.9 Å². The maximum absolute atomic E-state index is 12.6. The van der Waals surface area contributed by atoms with Crippen molar-refractivity contribution in [1.82, 2.24) is 0 Å². The van der Waals surface area contributed by atoms with Crippen molar-refractivity contribution in [1.29, 1.82) is 0 Å². The Morgan fingerprint density at radius 1 is 1.62 bits per heavy atom. The van der Waals surface area contributed by atoms with Crippen LogP contribution in [0.2, 0.25) is 0 Å². The molecule has 1 aliphatic carbocycles. The van der Waals surface area contributed by atoms with E-state index < -0.39 is 5.67 Å². The summed E-state index contributed by atoms with van der Waals surface area (Å²) in [4.78, 5) is 0. The van der Waals surface area contributed by atoms with Crippen LogP contribution in [0, 0.1) is 0 Å². The van der Waals surface area contributed by atoms with Gasteiger partial charge in [0.15, 0.2) is 0 Å². The van der Waals surface area contributed by atoms with E-state index in [1.807, 2.05) is 0 Å². The van der Waals surface area contributed by atoms with Gasteiger partial charge in [-0.25, -0.2) is 4.39 Å². The van der Waals surface area contributed by atoms with E-state index in [1.54, 1.807) is 14.0 Å². The van der Waals surface area contributed by atoms with E-state index in [2.05, 4.69) is 0 Å². The quantitative estimate of drug-likeness (QED) is 0.507. The lowest BCUT2D eigenvalue weighted by Crippen LogP contribution is -2.41. The minimum atomic E-state index is -0.930. The minimum Gasteiger partial charge on any atom is -0.381 e. The molecule has 1 aliphatic rings. The fourth-order valence-electron chi connectivity index (χ4n) is 1.06. The third kappa shape index (κ3) is 0.996. The SMILES string of the molecule is COC1CC(C)(F)C1. The second kappa shape index (κ2) is 1.69. The van der Waals surface area contributed by atoms with Crippen molar-refractivity contribution in [3.05, 3.63) is 0 Å². The van der Waals surface area contributed by atoms with Gasteiger partial charge in [-0.1, -0.05) is 0 Å². The lowest BCUT2D eigenvalue weighted by Gasteiger charge is -2.37. The lowest BCUT2D eigenvalue weighted by atomic mass is 9.81. The van der Waals surface area contributed by atoms with Crippen molar-refractivity contribution >= 4 is 0 Å². The minimum absolute atomic E-state index is 0.185. The molecule has 1 nitrogen and oxygen atoms in total. The second-order valence-electron chi connectivity index (χ2n) is 2.68. The Morgan fingerprint density at radius 2 is 2.12 bits per heavy atom. The van der Waals surface area contributed by atoms with Crippen LogP contribution in [-0.2, 0) is 4.74 Å². The van der Waals surface area contributed by atoms with Crippen LogP contribution < -0.4 is 0 Å². The molecule has 48 valence electrons. The van der Waals surface area contributed by atoms with Crippen LogP contribution in [0.1, 0.15) is 19.8 Å². The van der Waals surface area contributed by atoms with Gasteiger partial charge < -0.3 is 4.74 Å². The molecule has 0 N–H and O–H groups in total. The van der Waals surface area contributed by atoms with Crippen molar-refractivity contribution in [2.24, 2.45) is 0 Å². The van der Waals surface area contributed by atoms with Gasteiger partial charge in [0.1, 0.15) is 5.67 Å². The highest BCUT2D eigenvalue weighted by Crippen LogP contribution is 2.36. The normalized spacial score (nSPS) is 46.1. The van der Waals surface area contributed by atoms with Gasteiger partial charge in [0.2, 0.25) is 0 Å². The van der Waals surface area contributed by atoms with Crippen molar-refractivity contribution in [3.63, 3.8) is 0 Å². The summed E-state index contributed by atoms with van der Waals surface area (Å²) in [5, 5.41) is 0. The molecule has 1 fully saturated rings. The summed E-state index contributed by atoms with van der Waals surface area (Å²) in [5.41, 5.74) is -0.930. The van der Waals surface area contributed by atoms with Crippen molar-refractivity contribution in [3.8, 4) is 0 Å². The summed E-state index contributed by atoms with van der Waals surface area (Å²) >= 11 is 0. The number of hydrogen-bond donors (Lipinski definition) is 0. The summed E-state index contributed by atoms with van der Waals surface area (Å²) in [5.74, 6) is 0. The van der Waals surface area contributed by atoms with E-state index in [-0.39, 0.29) is 6.10 Å². The first kappa shape index (κ1) is 6.02. The molecular formula is C6H11FO. The van der Waals surface area contributed by atoms with Crippen molar-refractivity contribution < 1.29 is 9.13 Å². The molecule has 0 saturated heterocycles. The summed E-state index contributed by atoms with van der Waals surface area (Å²) in [6.45, 7) is 1.61. The predicted molar refractivity (Wildman–Crippen MR) is 29.5 cm³/mol. The highest BCUT2D eigenvalue weighted by molar-refractivity contribution is 4.91. The highest BCUT2D eigenvalue weighted by Gasteiger charge is 2.40. The number of halogens is 1. The molecule has 0 aliphatic heterocycles. The molecule has 0 spiro atoms. The average molecular weight is 118 g/mol. The molecular weight excluding hydrogens is 107 g/mol. The Hall–Kier alpha value is -0.110. The average Bonchev–Trinajstić information content (AvgIpc) is 1.60. The zero-order valence-corrected chi connectivity index (χ0v) is 5.28. The first-order valence-corrected chi connectivity index (χ1v) is 2.86. The van der Waals surface area contributed by atoms with Gasteiger partial charge in [-0.15, -0.1) is 0 Å². The van der Waals surface area contributed by atoms with Crippen LogP contribution in [0.3, 0.4) is 0 Å². The molecule has 1 saturated carbocycles. The Bertz CT molecular complexity index is 82.5. The highest BCUT2D eigenvalue weighted by atomic mass is 19.1. The summed E-state index contributed by atoms with van der Waals surface area (Å²) < 4.78 is 17.4. The third-order valence-corrected chi connectivity index (χ3v) is 1.64. The smallest absolute Gasteiger partial charge is 0.113 e. The van der Waals surface area contributed by atoms with E-state index in [0.717, 1.165) is 0 Å². The largest absolute Gasteiger partial charge is 0.381 e. The first-order valence-electron chi connectivity index (χ1n) is 2.86. The molecule has 0 radical (unpaired) electrons. The van der Waals surface area contributed by atoms with Crippen molar-refractivity contribution in [2.45, 2.75) is 31.5 Å². The van der Waals surface area contributed by atoms with Gasteiger partial charge >= 0.3 is 0 Å². The van der Waals surface area contributed by atoms with E-state index in [9.17, 15) is 4.39 Å². The molecule has 1 rings (SSSR count). The van der Waals surface area contributed by atoms with Gasteiger partial charge in [0, 0.05) is 20.0 Å². The number of rotatable bonds is 1. The monoisotopic (exact) mass is 118 g/mol. The standard InChI is InChI=1S/C6H11FO/c1-6(7)3-5(4-6)8-2/h5H,3-4H2,1-2H3. The number of alkyl halides is 1. The summed E-state index contributed by atoms with van der Waals surface area (Å²) in [6, 6.07) is 0. The molecule has 0 unspecified atom stereocenters. The van der Waals surface area contributed by atoms with Gasteiger partial charge in [0.25, 0.3) is 0 Å². The zero-order chi connectivity index (χ0) is 6.20. The molecule has 0 heterocycles. The van der Waals surface area contributed by atoms with Crippen LogP contribution in [0.4, 0.5) is 4.39 Å². The van der Waals surface area contributed by atoms with E-state index in [4.69, 9.17) is 4.74 Å².